The van der Waals surface area contributed by atoms with E-state index in [-0.39, 0.29) is 16.9 Å². The van der Waals surface area contributed by atoms with Gasteiger partial charge in [-0.05, 0) is 31.5 Å². The van der Waals surface area contributed by atoms with Crippen molar-refractivity contribution in [2.24, 2.45) is 11.1 Å². The summed E-state index contributed by atoms with van der Waals surface area (Å²) in [7, 11) is 1.70. The van der Waals surface area contributed by atoms with Crippen LogP contribution in [0.1, 0.15) is 23.2 Å². The summed E-state index contributed by atoms with van der Waals surface area (Å²) >= 11 is 0. The molecule has 1 aromatic rings. The van der Waals surface area contributed by atoms with E-state index in [1.54, 1.807) is 24.1 Å². The van der Waals surface area contributed by atoms with Gasteiger partial charge in [0.2, 0.25) is 0 Å². The van der Waals surface area contributed by atoms with Crippen LogP contribution in [0.3, 0.4) is 0 Å². The third-order valence-corrected chi connectivity index (χ3v) is 3.41. The number of rotatable bonds is 4. The number of amides is 1. The van der Waals surface area contributed by atoms with Gasteiger partial charge in [0.25, 0.3) is 5.91 Å². The summed E-state index contributed by atoms with van der Waals surface area (Å²) in [6.07, 6.45) is 2.11. The lowest BCUT2D eigenvalue weighted by atomic mass is 10.1. The Labute approximate surface area is 100 Å². The zero-order valence-corrected chi connectivity index (χ0v) is 9.95. The zero-order chi connectivity index (χ0) is 12.5. The Morgan fingerprint density at radius 3 is 2.65 bits per heavy atom. The fourth-order valence-corrected chi connectivity index (χ4v) is 2.02. The maximum absolute atomic E-state index is 13.5. The van der Waals surface area contributed by atoms with Gasteiger partial charge in [-0.15, -0.1) is 0 Å². The van der Waals surface area contributed by atoms with Crippen LogP contribution in [-0.4, -0.2) is 30.9 Å². The van der Waals surface area contributed by atoms with Crippen LogP contribution in [0.5, 0.6) is 0 Å². The van der Waals surface area contributed by atoms with E-state index in [0.717, 1.165) is 12.8 Å². The quantitative estimate of drug-likeness (QED) is 0.863. The lowest BCUT2D eigenvalue weighted by molar-refractivity contribution is 0.0762. The molecule has 0 bridgehead atoms. The third kappa shape index (κ3) is 2.47. The van der Waals surface area contributed by atoms with Crippen LogP contribution < -0.4 is 5.73 Å². The molecule has 1 saturated carbocycles. The lowest BCUT2D eigenvalue weighted by Crippen LogP contribution is -2.36. The summed E-state index contributed by atoms with van der Waals surface area (Å²) < 4.78 is 13.5. The first-order chi connectivity index (χ1) is 8.08. The van der Waals surface area contributed by atoms with Crippen LogP contribution in [-0.2, 0) is 0 Å². The molecule has 1 aromatic carbocycles. The molecule has 1 amide bonds. The van der Waals surface area contributed by atoms with Gasteiger partial charge in [0.1, 0.15) is 5.82 Å². The van der Waals surface area contributed by atoms with E-state index < -0.39 is 5.82 Å². The number of hydrogen-bond acceptors (Lipinski definition) is 2. The Hall–Kier alpha value is -1.42. The SMILES string of the molecule is CN(CC1(CN)CC1)C(=O)c1ccccc1F. The standard InChI is InChI=1S/C13H17FN2O/c1-16(9-13(8-15)6-7-13)12(17)10-4-2-3-5-11(10)14/h2-5H,6-9,15H2,1H3. The molecule has 1 aliphatic rings. The van der Waals surface area contributed by atoms with Crippen LogP contribution in [0.25, 0.3) is 0 Å². The highest BCUT2D eigenvalue weighted by Crippen LogP contribution is 2.45. The zero-order valence-electron chi connectivity index (χ0n) is 9.95. The molecule has 0 radical (unpaired) electrons. The number of halogens is 1. The van der Waals surface area contributed by atoms with Crippen molar-refractivity contribution in [2.75, 3.05) is 20.1 Å². The molecule has 2 N–H and O–H groups in total. The maximum atomic E-state index is 13.5. The van der Waals surface area contributed by atoms with Crippen molar-refractivity contribution in [2.45, 2.75) is 12.8 Å². The number of hydrogen-bond donors (Lipinski definition) is 1. The molecule has 2 rings (SSSR count). The van der Waals surface area contributed by atoms with Gasteiger partial charge in [0, 0.05) is 19.0 Å². The minimum Gasteiger partial charge on any atom is -0.341 e. The predicted molar refractivity (Wildman–Crippen MR) is 64.1 cm³/mol. The average Bonchev–Trinajstić information content (AvgIpc) is 3.09. The molecule has 1 fully saturated rings. The normalized spacial score (nSPS) is 16.6. The van der Waals surface area contributed by atoms with Gasteiger partial charge in [-0.2, -0.15) is 0 Å². The van der Waals surface area contributed by atoms with Gasteiger partial charge in [-0.25, -0.2) is 4.39 Å². The van der Waals surface area contributed by atoms with Crippen molar-refractivity contribution in [3.8, 4) is 0 Å². The Morgan fingerprint density at radius 1 is 1.47 bits per heavy atom. The molecule has 92 valence electrons. The number of carbonyl (C=O) groups is 1. The molecular formula is C13H17FN2O. The van der Waals surface area contributed by atoms with Crippen LogP contribution in [0.4, 0.5) is 4.39 Å². The van der Waals surface area contributed by atoms with Gasteiger partial charge in [-0.1, -0.05) is 12.1 Å². The fourth-order valence-electron chi connectivity index (χ4n) is 2.02. The topological polar surface area (TPSA) is 46.3 Å². The van der Waals surface area contributed by atoms with Crippen molar-refractivity contribution < 1.29 is 9.18 Å². The molecule has 1 aliphatic carbocycles. The molecule has 0 unspecified atom stereocenters. The summed E-state index contributed by atoms with van der Waals surface area (Å²) in [5.74, 6) is -0.746. The van der Waals surface area contributed by atoms with Crippen molar-refractivity contribution in [3.05, 3.63) is 35.6 Å². The molecule has 17 heavy (non-hydrogen) atoms. The Morgan fingerprint density at radius 2 is 2.12 bits per heavy atom. The highest BCUT2D eigenvalue weighted by molar-refractivity contribution is 5.94. The van der Waals surface area contributed by atoms with Crippen LogP contribution in [0.15, 0.2) is 24.3 Å². The van der Waals surface area contributed by atoms with Crippen LogP contribution >= 0.6 is 0 Å². The van der Waals surface area contributed by atoms with Gasteiger partial charge in [0.05, 0.1) is 5.56 Å². The largest absolute Gasteiger partial charge is 0.341 e. The maximum Gasteiger partial charge on any atom is 0.256 e. The highest BCUT2D eigenvalue weighted by atomic mass is 19.1. The first-order valence-corrected chi connectivity index (χ1v) is 5.78. The summed E-state index contributed by atoms with van der Waals surface area (Å²) in [4.78, 5) is 13.6. The molecule has 0 heterocycles. The number of carbonyl (C=O) groups excluding carboxylic acids is 1. The van der Waals surface area contributed by atoms with Gasteiger partial charge < -0.3 is 10.6 Å². The van der Waals surface area contributed by atoms with E-state index in [1.165, 1.54) is 12.1 Å². The van der Waals surface area contributed by atoms with E-state index in [1.807, 2.05) is 0 Å². The number of nitrogens with zero attached hydrogens (tertiary/aromatic N) is 1. The number of nitrogens with two attached hydrogens (primary N) is 1. The first kappa shape index (κ1) is 12.0. The Bertz CT molecular complexity index is 429. The molecule has 0 saturated heterocycles. The molecule has 0 atom stereocenters. The molecule has 0 aromatic heterocycles. The monoisotopic (exact) mass is 236 g/mol. The predicted octanol–water partition coefficient (Wildman–Crippen LogP) is 1.64. The summed E-state index contributed by atoms with van der Waals surface area (Å²) in [5, 5.41) is 0. The van der Waals surface area contributed by atoms with Crippen molar-refractivity contribution in [1.29, 1.82) is 0 Å². The van der Waals surface area contributed by atoms with E-state index in [9.17, 15) is 9.18 Å². The van der Waals surface area contributed by atoms with Gasteiger partial charge in [0.15, 0.2) is 0 Å². The van der Waals surface area contributed by atoms with E-state index >= 15 is 0 Å². The van der Waals surface area contributed by atoms with E-state index in [0.29, 0.717) is 13.1 Å². The number of benzene rings is 1. The second kappa shape index (κ2) is 4.45. The molecule has 0 aliphatic heterocycles. The molecule has 3 nitrogen and oxygen atoms in total. The van der Waals surface area contributed by atoms with Crippen LogP contribution in [0, 0.1) is 11.2 Å². The second-order valence-corrected chi connectivity index (χ2v) is 4.85. The fraction of sp³-hybridized carbons (Fsp3) is 0.462. The summed E-state index contributed by atoms with van der Waals surface area (Å²) in [6.45, 7) is 1.19. The van der Waals surface area contributed by atoms with Crippen molar-refractivity contribution in [3.63, 3.8) is 0 Å². The Balaban J connectivity index is 2.07. The third-order valence-electron chi connectivity index (χ3n) is 3.41. The smallest absolute Gasteiger partial charge is 0.256 e. The van der Waals surface area contributed by atoms with E-state index in [2.05, 4.69) is 0 Å². The van der Waals surface area contributed by atoms with Crippen LogP contribution in [0.2, 0.25) is 0 Å². The van der Waals surface area contributed by atoms with Crippen molar-refractivity contribution in [1.82, 2.24) is 4.90 Å². The summed E-state index contributed by atoms with van der Waals surface area (Å²) in [5.41, 5.74) is 5.88. The highest BCUT2D eigenvalue weighted by Gasteiger charge is 2.42. The van der Waals surface area contributed by atoms with E-state index in [4.69, 9.17) is 5.73 Å². The second-order valence-electron chi connectivity index (χ2n) is 4.85. The minimum absolute atomic E-state index is 0.0790. The Kier molecular flexibility index (Phi) is 3.15. The average molecular weight is 236 g/mol. The van der Waals surface area contributed by atoms with Gasteiger partial charge >= 0.3 is 0 Å². The molecule has 0 spiro atoms. The lowest BCUT2D eigenvalue weighted by Gasteiger charge is -2.23. The van der Waals surface area contributed by atoms with Crippen molar-refractivity contribution >= 4 is 5.91 Å². The van der Waals surface area contributed by atoms with Gasteiger partial charge in [-0.3, -0.25) is 4.79 Å². The summed E-state index contributed by atoms with van der Waals surface area (Å²) in [6, 6.07) is 6.06. The molecular weight excluding hydrogens is 219 g/mol. The first-order valence-electron chi connectivity index (χ1n) is 5.78. The minimum atomic E-state index is -0.470. The molecule has 4 heteroatoms.